The zero-order valence-electron chi connectivity index (χ0n) is 17.1. The third kappa shape index (κ3) is 4.86. The van der Waals surface area contributed by atoms with Crippen LogP contribution in [0, 0.1) is 6.92 Å². The van der Waals surface area contributed by atoms with Crippen molar-refractivity contribution in [2.24, 2.45) is 0 Å². The van der Waals surface area contributed by atoms with E-state index in [-0.39, 0.29) is 5.91 Å². The minimum absolute atomic E-state index is 0.0776. The predicted molar refractivity (Wildman–Crippen MR) is 120 cm³/mol. The Labute approximate surface area is 184 Å². The summed E-state index contributed by atoms with van der Waals surface area (Å²) < 4.78 is 5.10. The quantitative estimate of drug-likeness (QED) is 0.575. The summed E-state index contributed by atoms with van der Waals surface area (Å²) in [5.74, 6) is -1.34. The van der Waals surface area contributed by atoms with E-state index in [1.807, 2.05) is 31.2 Å². The molecule has 0 saturated carbocycles. The fourth-order valence-electron chi connectivity index (χ4n) is 3.52. The van der Waals surface area contributed by atoms with Gasteiger partial charge in [-0.2, -0.15) is 0 Å². The molecule has 0 spiro atoms. The van der Waals surface area contributed by atoms with Crippen molar-refractivity contribution in [2.45, 2.75) is 26.2 Å². The number of nitrogens with zero attached hydrogens (tertiary/aromatic N) is 1. The van der Waals surface area contributed by atoms with Crippen molar-refractivity contribution in [1.29, 1.82) is 0 Å². The largest absolute Gasteiger partial charge is 0.472 e. The van der Waals surface area contributed by atoms with Gasteiger partial charge in [-0.25, -0.2) is 0 Å². The molecule has 0 atom stereocenters. The van der Waals surface area contributed by atoms with Gasteiger partial charge in [-0.3, -0.25) is 14.4 Å². The van der Waals surface area contributed by atoms with Gasteiger partial charge in [0.2, 0.25) is 5.91 Å². The van der Waals surface area contributed by atoms with Crippen molar-refractivity contribution in [3.8, 4) is 10.4 Å². The van der Waals surface area contributed by atoms with Gasteiger partial charge in [0.25, 0.3) is 0 Å². The van der Waals surface area contributed by atoms with Crippen molar-refractivity contribution < 1.29 is 18.8 Å². The van der Waals surface area contributed by atoms with E-state index in [4.69, 9.17) is 4.42 Å². The molecule has 0 radical (unpaired) electrons. The highest BCUT2D eigenvalue weighted by atomic mass is 32.1. The van der Waals surface area contributed by atoms with E-state index in [2.05, 4.69) is 10.6 Å². The number of amides is 3. The highest BCUT2D eigenvalue weighted by Crippen LogP contribution is 2.29. The Morgan fingerprint density at radius 1 is 1.16 bits per heavy atom. The highest BCUT2D eigenvalue weighted by molar-refractivity contribution is 7.15. The normalized spacial score (nSPS) is 13.5. The molecule has 1 aliphatic rings. The molecule has 2 N–H and O–H groups in total. The number of furan rings is 1. The molecule has 31 heavy (non-hydrogen) atoms. The summed E-state index contributed by atoms with van der Waals surface area (Å²) in [7, 11) is 0. The number of nitrogens with one attached hydrogen (secondary N) is 2. The van der Waals surface area contributed by atoms with Crippen LogP contribution in [-0.2, 0) is 20.8 Å². The molecule has 0 bridgehead atoms. The summed E-state index contributed by atoms with van der Waals surface area (Å²) in [5, 5.41) is 5.28. The molecule has 1 saturated heterocycles. The zero-order chi connectivity index (χ0) is 21.8. The second-order valence-corrected chi connectivity index (χ2v) is 8.56. The number of rotatable bonds is 6. The van der Waals surface area contributed by atoms with Crippen LogP contribution >= 0.6 is 11.3 Å². The lowest BCUT2D eigenvalue weighted by atomic mass is 10.1. The van der Waals surface area contributed by atoms with Gasteiger partial charge in [0.15, 0.2) is 0 Å². The van der Waals surface area contributed by atoms with Gasteiger partial charge in [0.05, 0.1) is 12.5 Å². The summed E-state index contributed by atoms with van der Waals surface area (Å²) in [4.78, 5) is 40.5. The van der Waals surface area contributed by atoms with Crippen LogP contribution in [0.2, 0.25) is 0 Å². The molecule has 1 aromatic carbocycles. The number of carbonyl (C=O) groups is 3. The standard InChI is InChI=1S/C23H23N3O4S/c1-15-4-5-17(13-19(15)26-11-2-3-21(26)27)25-23(29)22(28)24-10-8-18-6-7-20(31-18)16-9-12-30-14-16/h4-7,9,12-14H,2-3,8,10-11H2,1H3,(H,24,28)(H,25,29). The van der Waals surface area contributed by atoms with Crippen molar-refractivity contribution in [1.82, 2.24) is 5.32 Å². The molecule has 3 amide bonds. The summed E-state index contributed by atoms with van der Waals surface area (Å²) in [6, 6.07) is 11.2. The van der Waals surface area contributed by atoms with Crippen LogP contribution in [0.15, 0.2) is 53.3 Å². The zero-order valence-corrected chi connectivity index (χ0v) is 18.0. The van der Waals surface area contributed by atoms with Crippen LogP contribution in [0.5, 0.6) is 0 Å². The maximum atomic E-state index is 12.3. The number of anilines is 2. The Balaban J connectivity index is 1.30. The van der Waals surface area contributed by atoms with Gasteiger partial charge in [0, 0.05) is 46.2 Å². The lowest BCUT2D eigenvalue weighted by molar-refractivity contribution is -0.136. The Kier molecular flexibility index (Phi) is 6.18. The van der Waals surface area contributed by atoms with Gasteiger partial charge in [-0.15, -0.1) is 11.3 Å². The SMILES string of the molecule is Cc1ccc(NC(=O)C(=O)NCCc2ccc(-c3ccoc3)s2)cc1N1CCCC1=O. The van der Waals surface area contributed by atoms with Gasteiger partial charge < -0.3 is 20.0 Å². The summed E-state index contributed by atoms with van der Waals surface area (Å²) >= 11 is 1.62. The third-order valence-electron chi connectivity index (χ3n) is 5.16. The molecule has 0 unspecified atom stereocenters. The van der Waals surface area contributed by atoms with Gasteiger partial charge in [-0.1, -0.05) is 6.07 Å². The first-order valence-electron chi connectivity index (χ1n) is 10.1. The molecule has 1 aliphatic heterocycles. The molecular formula is C23H23N3O4S. The number of thiophene rings is 1. The Morgan fingerprint density at radius 2 is 2.03 bits per heavy atom. The number of benzene rings is 1. The first-order chi connectivity index (χ1) is 15.0. The van der Waals surface area contributed by atoms with E-state index >= 15 is 0 Å². The predicted octanol–water partition coefficient (Wildman–Crippen LogP) is 3.74. The summed E-state index contributed by atoms with van der Waals surface area (Å²) in [6.07, 6.45) is 5.32. The Hall–Kier alpha value is -3.39. The molecule has 3 aromatic rings. The average Bonchev–Trinajstić information content (AvgIpc) is 3.51. The minimum atomic E-state index is -0.729. The topological polar surface area (TPSA) is 91.7 Å². The Bertz CT molecular complexity index is 1100. The third-order valence-corrected chi connectivity index (χ3v) is 6.36. The van der Waals surface area contributed by atoms with Gasteiger partial charge in [0.1, 0.15) is 0 Å². The molecule has 2 aromatic heterocycles. The van der Waals surface area contributed by atoms with E-state index in [1.165, 1.54) is 0 Å². The van der Waals surface area contributed by atoms with Crippen LogP contribution in [0.1, 0.15) is 23.3 Å². The highest BCUT2D eigenvalue weighted by Gasteiger charge is 2.23. The van der Waals surface area contributed by atoms with Crippen LogP contribution < -0.4 is 15.5 Å². The number of carbonyl (C=O) groups excluding carboxylic acids is 3. The maximum absolute atomic E-state index is 12.3. The van der Waals surface area contributed by atoms with Crippen molar-refractivity contribution in [3.05, 3.63) is 59.4 Å². The fraction of sp³-hybridized carbons (Fsp3) is 0.261. The summed E-state index contributed by atoms with van der Waals surface area (Å²) in [5.41, 5.74) is 3.23. The number of aryl methyl sites for hydroxylation is 1. The second-order valence-electron chi connectivity index (χ2n) is 7.39. The molecular weight excluding hydrogens is 414 g/mol. The smallest absolute Gasteiger partial charge is 0.313 e. The van der Waals surface area contributed by atoms with Crippen molar-refractivity contribution in [3.63, 3.8) is 0 Å². The van der Waals surface area contributed by atoms with Gasteiger partial charge in [-0.05, 0) is 55.7 Å². The molecule has 3 heterocycles. The average molecular weight is 438 g/mol. The number of hydrogen-bond donors (Lipinski definition) is 2. The minimum Gasteiger partial charge on any atom is -0.472 e. The van der Waals surface area contributed by atoms with Crippen LogP contribution in [-0.4, -0.2) is 30.8 Å². The monoisotopic (exact) mass is 437 g/mol. The van der Waals surface area contributed by atoms with Crippen molar-refractivity contribution >= 4 is 40.4 Å². The molecule has 4 rings (SSSR count). The van der Waals surface area contributed by atoms with E-state index in [1.54, 1.807) is 40.9 Å². The number of hydrogen-bond acceptors (Lipinski definition) is 5. The second kappa shape index (κ2) is 9.18. The van der Waals surface area contributed by atoms with Gasteiger partial charge >= 0.3 is 11.8 Å². The first kappa shape index (κ1) is 20.9. The lowest BCUT2D eigenvalue weighted by Gasteiger charge is -2.19. The van der Waals surface area contributed by atoms with E-state index < -0.39 is 11.8 Å². The fourth-order valence-corrected chi connectivity index (χ4v) is 4.51. The van der Waals surface area contributed by atoms with E-state index in [9.17, 15) is 14.4 Å². The van der Waals surface area contributed by atoms with E-state index in [0.29, 0.717) is 31.6 Å². The van der Waals surface area contributed by atoms with E-state index in [0.717, 1.165) is 33.0 Å². The molecule has 0 aliphatic carbocycles. The van der Waals surface area contributed by atoms with Crippen LogP contribution in [0.25, 0.3) is 10.4 Å². The molecule has 8 heteroatoms. The molecule has 7 nitrogen and oxygen atoms in total. The maximum Gasteiger partial charge on any atom is 0.313 e. The van der Waals surface area contributed by atoms with Crippen LogP contribution in [0.3, 0.4) is 0 Å². The first-order valence-corrected chi connectivity index (χ1v) is 10.9. The molecule has 160 valence electrons. The van der Waals surface area contributed by atoms with Crippen LogP contribution in [0.4, 0.5) is 11.4 Å². The summed E-state index contributed by atoms with van der Waals surface area (Å²) in [6.45, 7) is 2.95. The molecule has 1 fully saturated rings. The Morgan fingerprint density at radius 3 is 2.77 bits per heavy atom. The van der Waals surface area contributed by atoms with Crippen molar-refractivity contribution in [2.75, 3.05) is 23.3 Å². The lowest BCUT2D eigenvalue weighted by Crippen LogP contribution is -2.36.